The Kier molecular flexibility index (Phi) is 3.59. The molecular formula is C13H11N7O. The van der Waals surface area contributed by atoms with Crippen molar-refractivity contribution in [2.75, 3.05) is 5.32 Å². The van der Waals surface area contributed by atoms with Gasteiger partial charge in [0.1, 0.15) is 5.69 Å². The van der Waals surface area contributed by atoms with Crippen LogP contribution in [0.15, 0.2) is 58.1 Å². The first-order valence-corrected chi connectivity index (χ1v) is 6.18. The third-order valence-corrected chi connectivity index (χ3v) is 2.75. The first kappa shape index (κ1) is 12.9. The molecule has 0 fully saturated rings. The minimum absolute atomic E-state index is 0.422. The van der Waals surface area contributed by atoms with Crippen molar-refractivity contribution in [3.63, 3.8) is 0 Å². The molecule has 2 N–H and O–H groups in total. The molecule has 0 spiro atoms. The molecule has 104 valence electrons. The van der Waals surface area contributed by atoms with Crippen LogP contribution in [0.1, 0.15) is 17.6 Å². The highest BCUT2D eigenvalue weighted by Gasteiger charge is 2.16. The number of carbonyl (C=O) groups is 1. The van der Waals surface area contributed by atoms with E-state index in [0.29, 0.717) is 29.3 Å². The van der Waals surface area contributed by atoms with Crippen molar-refractivity contribution in [2.24, 2.45) is 15.3 Å². The lowest BCUT2D eigenvalue weighted by atomic mass is 10.3. The lowest BCUT2D eigenvalue weighted by Crippen LogP contribution is -2.21. The highest BCUT2D eigenvalue weighted by Crippen LogP contribution is 2.18. The smallest absolute Gasteiger partial charge is 0.218 e. The Hall–Kier alpha value is -3.16. The van der Waals surface area contributed by atoms with Gasteiger partial charge in [-0.25, -0.2) is 0 Å². The summed E-state index contributed by atoms with van der Waals surface area (Å²) >= 11 is 0. The monoisotopic (exact) mass is 281 g/mol. The third kappa shape index (κ3) is 2.89. The molecule has 8 nitrogen and oxygen atoms in total. The van der Waals surface area contributed by atoms with Crippen LogP contribution in [0.4, 0.5) is 5.69 Å². The fourth-order valence-corrected chi connectivity index (χ4v) is 1.73. The van der Waals surface area contributed by atoms with E-state index >= 15 is 0 Å². The van der Waals surface area contributed by atoms with Crippen molar-refractivity contribution in [3.05, 3.63) is 54.1 Å². The molecule has 3 rings (SSSR count). The van der Waals surface area contributed by atoms with Crippen molar-refractivity contribution in [1.29, 1.82) is 0 Å². The van der Waals surface area contributed by atoms with E-state index in [0.717, 1.165) is 0 Å². The summed E-state index contributed by atoms with van der Waals surface area (Å²) in [6.07, 6.45) is 3.35. The number of azo groups is 1. The number of hydrazone groups is 1. The number of hydrogen-bond donors (Lipinski definition) is 2. The van der Waals surface area contributed by atoms with E-state index in [-0.39, 0.29) is 0 Å². The molecule has 0 radical (unpaired) electrons. The van der Waals surface area contributed by atoms with Crippen molar-refractivity contribution in [3.8, 4) is 0 Å². The van der Waals surface area contributed by atoms with Crippen LogP contribution in [0.2, 0.25) is 0 Å². The summed E-state index contributed by atoms with van der Waals surface area (Å²) in [5.74, 6) is 0.422. The maximum atomic E-state index is 10.3. The van der Waals surface area contributed by atoms with Crippen LogP contribution in [0.25, 0.3) is 0 Å². The number of amides is 1. The highest BCUT2D eigenvalue weighted by atomic mass is 16.1. The predicted octanol–water partition coefficient (Wildman–Crippen LogP) is 1.46. The SMILES string of the molecule is O=CNc1ccc(C2N=NC(c3ccccn3)=NN2)nc1. The Morgan fingerprint density at radius 3 is 2.76 bits per heavy atom. The van der Waals surface area contributed by atoms with Crippen molar-refractivity contribution in [2.45, 2.75) is 6.17 Å². The summed E-state index contributed by atoms with van der Waals surface area (Å²) < 4.78 is 0. The molecule has 21 heavy (non-hydrogen) atoms. The number of anilines is 1. The van der Waals surface area contributed by atoms with E-state index < -0.39 is 6.17 Å². The standard InChI is InChI=1S/C13H11N7O/c21-8-16-9-4-5-11(15-7-9)13-19-17-12(18-20-13)10-3-1-2-6-14-10/h1-8,13,19H,(H,16,21). The first-order chi connectivity index (χ1) is 10.4. The largest absolute Gasteiger partial charge is 0.327 e. The van der Waals surface area contributed by atoms with E-state index in [1.807, 2.05) is 12.1 Å². The molecule has 0 saturated heterocycles. The molecule has 0 aliphatic carbocycles. The van der Waals surface area contributed by atoms with E-state index in [4.69, 9.17) is 0 Å². The van der Waals surface area contributed by atoms with Gasteiger partial charge in [0, 0.05) is 6.20 Å². The number of amidine groups is 1. The molecule has 0 aromatic carbocycles. The molecule has 1 unspecified atom stereocenters. The van der Waals surface area contributed by atoms with Gasteiger partial charge in [-0.15, -0.1) is 5.11 Å². The summed E-state index contributed by atoms with van der Waals surface area (Å²) in [6.45, 7) is 0. The number of aromatic nitrogens is 2. The van der Waals surface area contributed by atoms with Crippen molar-refractivity contribution < 1.29 is 4.79 Å². The topological polar surface area (TPSA) is 104 Å². The summed E-state index contributed by atoms with van der Waals surface area (Å²) in [6, 6.07) is 8.94. The fraction of sp³-hybridized carbons (Fsp3) is 0.0769. The number of nitrogens with zero attached hydrogens (tertiary/aromatic N) is 5. The van der Waals surface area contributed by atoms with Crippen LogP contribution in [-0.4, -0.2) is 22.2 Å². The summed E-state index contributed by atoms with van der Waals surface area (Å²) in [7, 11) is 0. The van der Waals surface area contributed by atoms with Crippen molar-refractivity contribution in [1.82, 2.24) is 15.4 Å². The second-order valence-corrected chi connectivity index (χ2v) is 4.13. The van der Waals surface area contributed by atoms with Crippen LogP contribution in [0, 0.1) is 0 Å². The van der Waals surface area contributed by atoms with E-state index in [9.17, 15) is 4.79 Å². The number of carbonyl (C=O) groups excluding carboxylic acids is 1. The lowest BCUT2D eigenvalue weighted by Gasteiger charge is -2.15. The zero-order valence-corrected chi connectivity index (χ0v) is 10.8. The molecule has 1 atom stereocenters. The molecule has 1 aliphatic heterocycles. The van der Waals surface area contributed by atoms with E-state index in [2.05, 4.69) is 36.0 Å². The maximum Gasteiger partial charge on any atom is 0.218 e. The minimum Gasteiger partial charge on any atom is -0.327 e. The maximum absolute atomic E-state index is 10.3. The van der Waals surface area contributed by atoms with Crippen molar-refractivity contribution >= 4 is 17.9 Å². The quantitative estimate of drug-likeness (QED) is 0.828. The van der Waals surface area contributed by atoms with E-state index in [1.54, 1.807) is 30.6 Å². The van der Waals surface area contributed by atoms with Crippen LogP contribution in [0.5, 0.6) is 0 Å². The zero-order valence-electron chi connectivity index (χ0n) is 10.8. The molecule has 1 aliphatic rings. The summed E-state index contributed by atoms with van der Waals surface area (Å²) in [4.78, 5) is 18.7. The van der Waals surface area contributed by atoms with Gasteiger partial charge in [0.2, 0.25) is 12.2 Å². The van der Waals surface area contributed by atoms with Crippen LogP contribution in [-0.2, 0) is 4.79 Å². The number of rotatable bonds is 4. The van der Waals surface area contributed by atoms with Gasteiger partial charge < -0.3 is 5.32 Å². The van der Waals surface area contributed by atoms with Crippen LogP contribution in [0.3, 0.4) is 0 Å². The van der Waals surface area contributed by atoms with Gasteiger partial charge in [0.25, 0.3) is 0 Å². The van der Waals surface area contributed by atoms with Gasteiger partial charge >= 0.3 is 0 Å². The molecule has 1 amide bonds. The second kappa shape index (κ2) is 5.87. The van der Waals surface area contributed by atoms with Gasteiger partial charge in [0.15, 0.2) is 6.17 Å². The predicted molar refractivity (Wildman–Crippen MR) is 75.4 cm³/mol. The molecule has 0 bridgehead atoms. The summed E-state index contributed by atoms with van der Waals surface area (Å²) in [5.41, 5.74) is 4.78. The number of nitrogens with one attached hydrogen (secondary N) is 2. The summed E-state index contributed by atoms with van der Waals surface area (Å²) in [5, 5.41) is 14.8. The fourth-order valence-electron chi connectivity index (χ4n) is 1.73. The van der Waals surface area contributed by atoms with E-state index in [1.165, 1.54) is 0 Å². The Bertz CT molecular complexity index is 681. The van der Waals surface area contributed by atoms with Gasteiger partial charge in [-0.3, -0.25) is 20.2 Å². The number of hydrogen-bond acceptors (Lipinski definition) is 7. The Labute approximate surface area is 120 Å². The van der Waals surface area contributed by atoms with Gasteiger partial charge in [-0.1, -0.05) is 6.07 Å². The Morgan fingerprint density at radius 1 is 1.19 bits per heavy atom. The zero-order chi connectivity index (χ0) is 14.5. The first-order valence-electron chi connectivity index (χ1n) is 6.18. The number of pyridine rings is 2. The third-order valence-electron chi connectivity index (χ3n) is 2.75. The lowest BCUT2D eigenvalue weighted by molar-refractivity contribution is -0.105. The molecule has 3 heterocycles. The Morgan fingerprint density at radius 2 is 2.14 bits per heavy atom. The average molecular weight is 281 g/mol. The van der Waals surface area contributed by atoms with Gasteiger partial charge in [-0.2, -0.15) is 10.2 Å². The molecular weight excluding hydrogens is 270 g/mol. The highest BCUT2D eigenvalue weighted by molar-refractivity contribution is 5.97. The minimum atomic E-state index is -0.456. The van der Waals surface area contributed by atoms with Gasteiger partial charge in [-0.05, 0) is 24.3 Å². The molecule has 2 aromatic heterocycles. The molecule has 0 saturated carbocycles. The average Bonchev–Trinajstić information content (AvgIpc) is 2.57. The van der Waals surface area contributed by atoms with Crippen LogP contribution >= 0.6 is 0 Å². The normalized spacial score (nSPS) is 16.8. The Balaban J connectivity index is 1.72. The second-order valence-electron chi connectivity index (χ2n) is 4.13. The molecule has 8 heteroatoms. The molecule has 2 aromatic rings. The van der Waals surface area contributed by atoms with Crippen LogP contribution < -0.4 is 10.7 Å². The van der Waals surface area contributed by atoms with Gasteiger partial charge in [0.05, 0.1) is 17.6 Å².